The molecule has 0 spiro atoms. The smallest absolute Gasteiger partial charge is 0.287 e. The molecule has 0 fully saturated rings. The van der Waals surface area contributed by atoms with Crippen LogP contribution in [-0.2, 0) is 11.3 Å². The Balaban J connectivity index is 1.65. The first-order valence-electron chi connectivity index (χ1n) is 8.48. The second kappa shape index (κ2) is 7.91. The van der Waals surface area contributed by atoms with Gasteiger partial charge in [-0.3, -0.25) is 14.4 Å². The maximum absolute atomic E-state index is 13.8. The largest absolute Gasteiger partial charge is 0.448 e. The Morgan fingerprint density at radius 1 is 1.04 bits per heavy atom. The fourth-order valence-electron chi connectivity index (χ4n) is 2.73. The predicted molar refractivity (Wildman–Crippen MR) is 100 cm³/mol. The molecule has 1 aromatic heterocycles. The van der Waals surface area contributed by atoms with Gasteiger partial charge in [0.25, 0.3) is 11.8 Å². The molecule has 7 nitrogen and oxygen atoms in total. The molecule has 0 radical (unpaired) electrons. The molecule has 1 heterocycles. The van der Waals surface area contributed by atoms with E-state index in [-0.39, 0.29) is 24.4 Å². The average molecular weight is 383 g/mol. The Bertz CT molecular complexity index is 1060. The van der Waals surface area contributed by atoms with Crippen LogP contribution in [-0.4, -0.2) is 24.3 Å². The summed E-state index contributed by atoms with van der Waals surface area (Å²) in [4.78, 5) is 34.9. The van der Waals surface area contributed by atoms with E-state index < -0.39 is 23.5 Å². The van der Waals surface area contributed by atoms with Crippen LogP contribution in [0.15, 0.2) is 46.9 Å². The van der Waals surface area contributed by atoms with Gasteiger partial charge < -0.3 is 20.8 Å². The summed E-state index contributed by atoms with van der Waals surface area (Å²) in [5.41, 5.74) is 6.71. The number of halogens is 1. The third-order valence-electron chi connectivity index (χ3n) is 4.21. The number of rotatable bonds is 6. The number of primary amides is 1. The minimum atomic E-state index is -0.631. The summed E-state index contributed by atoms with van der Waals surface area (Å²) < 4.78 is 19.2. The molecule has 28 heavy (non-hydrogen) atoms. The number of nitrogens with two attached hydrogens (primary N) is 1. The van der Waals surface area contributed by atoms with Gasteiger partial charge >= 0.3 is 0 Å². The number of carbonyl (C=O) groups is 3. The Morgan fingerprint density at radius 3 is 2.39 bits per heavy atom. The fraction of sp³-hybridized carbons (Fsp3) is 0.150. The van der Waals surface area contributed by atoms with Crippen LogP contribution in [0.25, 0.3) is 11.0 Å². The Labute approximate surface area is 159 Å². The van der Waals surface area contributed by atoms with Crippen molar-refractivity contribution in [3.05, 3.63) is 70.7 Å². The molecule has 3 amide bonds. The molecule has 0 atom stereocenters. The van der Waals surface area contributed by atoms with Gasteiger partial charge in [-0.2, -0.15) is 0 Å². The van der Waals surface area contributed by atoms with Gasteiger partial charge in [-0.1, -0.05) is 24.3 Å². The van der Waals surface area contributed by atoms with Crippen molar-refractivity contribution in [1.82, 2.24) is 10.6 Å². The van der Waals surface area contributed by atoms with Gasteiger partial charge in [0.05, 0.1) is 6.54 Å². The van der Waals surface area contributed by atoms with Crippen molar-refractivity contribution in [3.63, 3.8) is 0 Å². The second-order valence-electron chi connectivity index (χ2n) is 6.20. The molecule has 0 unspecified atom stereocenters. The van der Waals surface area contributed by atoms with Crippen molar-refractivity contribution < 1.29 is 23.2 Å². The molecule has 0 saturated carbocycles. The van der Waals surface area contributed by atoms with E-state index in [0.29, 0.717) is 16.5 Å². The minimum Gasteiger partial charge on any atom is -0.448 e. The lowest BCUT2D eigenvalue weighted by atomic mass is 10.1. The van der Waals surface area contributed by atoms with Gasteiger partial charge in [-0.25, -0.2) is 4.39 Å². The lowest BCUT2D eigenvalue weighted by Crippen LogP contribution is -2.33. The molecule has 0 saturated heterocycles. The normalized spacial score (nSPS) is 10.6. The molecule has 0 aliphatic carbocycles. The number of fused-ring (bicyclic) bond motifs is 1. The van der Waals surface area contributed by atoms with Gasteiger partial charge in [-0.15, -0.1) is 0 Å². The van der Waals surface area contributed by atoms with Crippen LogP contribution < -0.4 is 16.4 Å². The zero-order chi connectivity index (χ0) is 20.3. The van der Waals surface area contributed by atoms with E-state index >= 15 is 0 Å². The Morgan fingerprint density at radius 2 is 1.75 bits per heavy atom. The zero-order valence-electron chi connectivity index (χ0n) is 15.0. The van der Waals surface area contributed by atoms with Crippen molar-refractivity contribution in [2.45, 2.75) is 13.5 Å². The van der Waals surface area contributed by atoms with Crippen LogP contribution in [0.4, 0.5) is 4.39 Å². The second-order valence-corrected chi connectivity index (χ2v) is 6.20. The van der Waals surface area contributed by atoms with Crippen LogP contribution >= 0.6 is 0 Å². The molecule has 2 aromatic carbocycles. The van der Waals surface area contributed by atoms with E-state index in [2.05, 4.69) is 10.6 Å². The maximum atomic E-state index is 13.8. The number of hydrogen-bond donors (Lipinski definition) is 3. The first kappa shape index (κ1) is 19.1. The summed E-state index contributed by atoms with van der Waals surface area (Å²) in [7, 11) is 0. The quantitative estimate of drug-likeness (QED) is 0.604. The number of hydrogen-bond acceptors (Lipinski definition) is 4. The predicted octanol–water partition coefficient (Wildman–Crippen LogP) is 2.03. The molecule has 0 bridgehead atoms. The number of para-hydroxylation sites is 1. The highest BCUT2D eigenvalue weighted by Crippen LogP contribution is 2.27. The summed E-state index contributed by atoms with van der Waals surface area (Å²) in [5.74, 6) is -1.98. The van der Waals surface area contributed by atoms with Crippen molar-refractivity contribution in [1.29, 1.82) is 0 Å². The van der Waals surface area contributed by atoms with Crippen molar-refractivity contribution in [3.8, 4) is 0 Å². The fourth-order valence-corrected chi connectivity index (χ4v) is 2.73. The number of amides is 3. The number of furan rings is 1. The van der Waals surface area contributed by atoms with Crippen LogP contribution in [0.3, 0.4) is 0 Å². The molecule has 3 aromatic rings. The van der Waals surface area contributed by atoms with E-state index in [0.717, 1.165) is 5.56 Å². The number of aryl methyl sites for hydroxylation is 1. The Hall–Kier alpha value is -3.68. The molecule has 3 rings (SSSR count). The SMILES string of the molecule is Cc1c(C(=O)NCc2ccc(C(=O)NCC(N)=O)cc2)oc2c(F)cccc12. The first-order chi connectivity index (χ1) is 13.4. The molecule has 0 aliphatic rings. The van der Waals surface area contributed by atoms with Crippen molar-refractivity contribution in [2.24, 2.45) is 5.73 Å². The number of benzene rings is 2. The minimum absolute atomic E-state index is 0.0523. The number of nitrogens with one attached hydrogen (secondary N) is 2. The van der Waals surface area contributed by atoms with Crippen LogP contribution in [0, 0.1) is 12.7 Å². The van der Waals surface area contributed by atoms with Crippen LogP contribution in [0.5, 0.6) is 0 Å². The average Bonchev–Trinajstić information content (AvgIpc) is 3.03. The van der Waals surface area contributed by atoms with E-state index in [9.17, 15) is 18.8 Å². The molecule has 0 aliphatic heterocycles. The molecule has 4 N–H and O–H groups in total. The van der Waals surface area contributed by atoms with Crippen LogP contribution in [0.1, 0.15) is 32.0 Å². The summed E-state index contributed by atoms with van der Waals surface area (Å²) >= 11 is 0. The van der Waals surface area contributed by atoms with E-state index in [1.807, 2.05) is 0 Å². The summed E-state index contributed by atoms with van der Waals surface area (Å²) in [6, 6.07) is 11.0. The van der Waals surface area contributed by atoms with E-state index in [4.69, 9.17) is 10.2 Å². The topological polar surface area (TPSA) is 114 Å². The monoisotopic (exact) mass is 383 g/mol. The lowest BCUT2D eigenvalue weighted by Gasteiger charge is -2.06. The van der Waals surface area contributed by atoms with E-state index in [1.165, 1.54) is 6.07 Å². The van der Waals surface area contributed by atoms with Gasteiger partial charge in [0.2, 0.25) is 5.91 Å². The highest BCUT2D eigenvalue weighted by atomic mass is 19.1. The third kappa shape index (κ3) is 4.01. The lowest BCUT2D eigenvalue weighted by molar-refractivity contribution is -0.117. The molecular formula is C20H18FN3O4. The Kier molecular flexibility index (Phi) is 5.39. The van der Waals surface area contributed by atoms with Crippen molar-refractivity contribution >= 4 is 28.7 Å². The van der Waals surface area contributed by atoms with Gasteiger partial charge in [0.1, 0.15) is 0 Å². The summed E-state index contributed by atoms with van der Waals surface area (Å²) in [6.07, 6.45) is 0. The first-order valence-corrected chi connectivity index (χ1v) is 8.48. The van der Waals surface area contributed by atoms with Gasteiger partial charge in [0.15, 0.2) is 17.2 Å². The molecule has 8 heteroatoms. The summed E-state index contributed by atoms with van der Waals surface area (Å²) in [5, 5.41) is 5.65. The van der Waals surface area contributed by atoms with Crippen LogP contribution in [0.2, 0.25) is 0 Å². The molecular weight excluding hydrogens is 365 g/mol. The van der Waals surface area contributed by atoms with Gasteiger partial charge in [0, 0.05) is 23.1 Å². The standard InChI is InChI=1S/C20H18FN3O4/c1-11-14-3-2-4-15(21)18(14)28-17(11)20(27)23-9-12-5-7-13(8-6-12)19(26)24-10-16(22)25/h2-8H,9-10H2,1H3,(H2,22,25)(H,23,27)(H,24,26). The highest BCUT2D eigenvalue weighted by Gasteiger charge is 2.19. The number of carbonyl (C=O) groups excluding carboxylic acids is 3. The van der Waals surface area contributed by atoms with Crippen molar-refractivity contribution in [2.75, 3.05) is 6.54 Å². The third-order valence-corrected chi connectivity index (χ3v) is 4.21. The van der Waals surface area contributed by atoms with E-state index in [1.54, 1.807) is 43.3 Å². The zero-order valence-corrected chi connectivity index (χ0v) is 15.0. The summed E-state index contributed by atoms with van der Waals surface area (Å²) in [6.45, 7) is 1.65. The maximum Gasteiger partial charge on any atom is 0.287 e. The highest BCUT2D eigenvalue weighted by molar-refractivity contribution is 5.99. The molecule has 144 valence electrons. The van der Waals surface area contributed by atoms with Gasteiger partial charge in [-0.05, 0) is 30.7 Å².